The normalized spacial score (nSPS) is 13.8. The van der Waals surface area contributed by atoms with E-state index in [1.165, 1.54) is 18.7 Å². The summed E-state index contributed by atoms with van der Waals surface area (Å²) in [6, 6.07) is 4.97. The van der Waals surface area contributed by atoms with Crippen molar-refractivity contribution in [3.05, 3.63) is 60.0 Å². The maximum absolute atomic E-state index is 13.7. The molecule has 0 unspecified atom stereocenters. The summed E-state index contributed by atoms with van der Waals surface area (Å²) in [5.74, 6) is -0.0771. The predicted molar refractivity (Wildman–Crippen MR) is 89.0 cm³/mol. The lowest BCUT2D eigenvalue weighted by Gasteiger charge is -2.20. The second-order valence-corrected chi connectivity index (χ2v) is 5.76. The molecule has 0 heterocycles. The Morgan fingerprint density at radius 2 is 2.10 bits per heavy atom. The molecule has 1 rings (SSSR count). The van der Waals surface area contributed by atoms with Crippen LogP contribution >= 0.6 is 0 Å². The molecular weight excluding hydrogens is 263 g/mol. The van der Waals surface area contributed by atoms with Crippen molar-refractivity contribution >= 4 is 6.08 Å². The van der Waals surface area contributed by atoms with Crippen molar-refractivity contribution in [1.29, 1.82) is 0 Å². The number of halogens is 1. The molecule has 1 atom stereocenters. The quantitative estimate of drug-likeness (QED) is 0.577. The average molecular weight is 288 g/mol. The molecule has 0 aliphatic heterocycles. The molecular formula is C19H25FO. The van der Waals surface area contributed by atoms with Crippen molar-refractivity contribution in [2.75, 3.05) is 7.11 Å². The van der Waals surface area contributed by atoms with Gasteiger partial charge in [-0.05, 0) is 44.4 Å². The van der Waals surface area contributed by atoms with Gasteiger partial charge in [0.1, 0.15) is 0 Å². The molecule has 0 amide bonds. The fraction of sp³-hybridized carbons (Fsp3) is 0.368. The minimum absolute atomic E-state index is 0.0949. The van der Waals surface area contributed by atoms with Gasteiger partial charge in [-0.1, -0.05) is 42.9 Å². The summed E-state index contributed by atoms with van der Waals surface area (Å²) in [4.78, 5) is 0. The second-order valence-electron chi connectivity index (χ2n) is 5.76. The van der Waals surface area contributed by atoms with Crippen LogP contribution < -0.4 is 4.74 Å². The van der Waals surface area contributed by atoms with E-state index in [2.05, 4.69) is 39.5 Å². The van der Waals surface area contributed by atoms with Crippen LogP contribution in [-0.2, 0) is 0 Å². The summed E-state index contributed by atoms with van der Waals surface area (Å²) in [5, 5.41) is 0. The van der Waals surface area contributed by atoms with Crippen LogP contribution in [0.1, 0.15) is 39.2 Å². The molecule has 1 nitrogen and oxygen atoms in total. The van der Waals surface area contributed by atoms with Gasteiger partial charge in [0.2, 0.25) is 0 Å². The van der Waals surface area contributed by atoms with Crippen LogP contribution in [0.3, 0.4) is 0 Å². The lowest BCUT2D eigenvalue weighted by molar-refractivity contribution is 0.386. The first kappa shape index (κ1) is 17.2. The summed E-state index contributed by atoms with van der Waals surface area (Å²) < 4.78 is 18.6. The van der Waals surface area contributed by atoms with E-state index in [1.54, 1.807) is 6.07 Å². The highest BCUT2D eigenvalue weighted by molar-refractivity contribution is 5.52. The van der Waals surface area contributed by atoms with Crippen molar-refractivity contribution in [3.8, 4) is 5.75 Å². The van der Waals surface area contributed by atoms with Crippen LogP contribution in [-0.4, -0.2) is 7.11 Å². The molecule has 0 fully saturated rings. The smallest absolute Gasteiger partial charge is 0.165 e. The van der Waals surface area contributed by atoms with Gasteiger partial charge in [-0.2, -0.15) is 0 Å². The van der Waals surface area contributed by atoms with Crippen molar-refractivity contribution in [3.63, 3.8) is 0 Å². The van der Waals surface area contributed by atoms with Crippen LogP contribution in [0, 0.1) is 11.2 Å². The largest absolute Gasteiger partial charge is 0.494 e. The van der Waals surface area contributed by atoms with Crippen molar-refractivity contribution in [1.82, 2.24) is 0 Å². The molecule has 0 spiro atoms. The highest BCUT2D eigenvalue weighted by Crippen LogP contribution is 2.28. The Labute approximate surface area is 127 Å². The zero-order chi connectivity index (χ0) is 15.9. The van der Waals surface area contributed by atoms with Crippen molar-refractivity contribution in [2.24, 2.45) is 5.41 Å². The fourth-order valence-corrected chi connectivity index (χ4v) is 2.00. The van der Waals surface area contributed by atoms with Crippen LogP contribution in [0.25, 0.3) is 6.08 Å². The number of rotatable bonds is 7. The molecule has 1 aromatic carbocycles. The molecule has 2 heteroatoms. The van der Waals surface area contributed by atoms with Gasteiger partial charge in [0.05, 0.1) is 7.11 Å². The molecule has 0 aliphatic carbocycles. The Morgan fingerprint density at radius 3 is 2.62 bits per heavy atom. The number of hydrogen-bond acceptors (Lipinski definition) is 1. The molecule has 1 aromatic rings. The lowest BCUT2D eigenvalue weighted by Crippen LogP contribution is -2.08. The van der Waals surface area contributed by atoms with Crippen LogP contribution in [0.4, 0.5) is 4.39 Å². The molecule has 0 radical (unpaired) electrons. The van der Waals surface area contributed by atoms with E-state index in [9.17, 15) is 4.39 Å². The molecule has 0 bridgehead atoms. The summed E-state index contributed by atoms with van der Waals surface area (Å²) in [5.41, 5.74) is 2.05. The Kier molecular flexibility index (Phi) is 6.41. The lowest BCUT2D eigenvalue weighted by atomic mass is 9.84. The minimum Gasteiger partial charge on any atom is -0.494 e. The maximum Gasteiger partial charge on any atom is 0.165 e. The zero-order valence-electron chi connectivity index (χ0n) is 13.4. The molecule has 0 saturated carbocycles. The number of methoxy groups -OCH3 is 1. The third-order valence-corrected chi connectivity index (χ3v) is 3.53. The Balaban J connectivity index is 2.82. The number of hydrogen-bond donors (Lipinski definition) is 0. The standard InChI is InChI=1S/C19H25FO/c1-6-19(4,12-7-8-15(2)3)13-11-16-9-10-18(21-5)17(20)14-16/h6,8-11,13-14H,1,7,12H2,2-5H3/b13-11+/t19-/m1/s1. The van der Waals surface area contributed by atoms with Crippen molar-refractivity contribution < 1.29 is 9.13 Å². The third kappa shape index (κ3) is 5.58. The highest BCUT2D eigenvalue weighted by atomic mass is 19.1. The molecule has 114 valence electrons. The Bertz CT molecular complexity index is 538. The van der Waals surface area contributed by atoms with E-state index in [1.807, 2.05) is 18.2 Å². The SMILES string of the molecule is C=C[C@@](C)(/C=C/c1ccc(OC)c(F)c1)CCC=C(C)C. The molecule has 0 N–H and O–H groups in total. The van der Waals surface area contributed by atoms with Crippen molar-refractivity contribution in [2.45, 2.75) is 33.6 Å². The molecule has 0 aliphatic rings. The van der Waals surface area contributed by atoms with Crippen LogP contribution in [0.5, 0.6) is 5.75 Å². The van der Waals surface area contributed by atoms with E-state index >= 15 is 0 Å². The monoisotopic (exact) mass is 288 g/mol. The summed E-state index contributed by atoms with van der Waals surface area (Å²) >= 11 is 0. The van der Waals surface area contributed by atoms with Gasteiger partial charge in [-0.25, -0.2) is 4.39 Å². The first-order valence-electron chi connectivity index (χ1n) is 7.20. The van der Waals surface area contributed by atoms with Gasteiger partial charge < -0.3 is 4.74 Å². The van der Waals surface area contributed by atoms with E-state index in [0.717, 1.165) is 18.4 Å². The number of allylic oxidation sites excluding steroid dienone is 4. The predicted octanol–water partition coefficient (Wildman–Crippen LogP) is 5.79. The first-order valence-corrected chi connectivity index (χ1v) is 7.20. The van der Waals surface area contributed by atoms with Gasteiger partial charge in [0.15, 0.2) is 11.6 Å². The number of benzene rings is 1. The molecule has 0 aromatic heterocycles. The summed E-state index contributed by atoms with van der Waals surface area (Å²) in [7, 11) is 1.46. The van der Waals surface area contributed by atoms with Crippen LogP contribution in [0.2, 0.25) is 0 Å². The van der Waals surface area contributed by atoms with Gasteiger partial charge in [-0.15, -0.1) is 6.58 Å². The van der Waals surface area contributed by atoms with E-state index in [-0.39, 0.29) is 17.0 Å². The van der Waals surface area contributed by atoms with E-state index < -0.39 is 0 Å². The molecule has 21 heavy (non-hydrogen) atoms. The average Bonchev–Trinajstić information content (AvgIpc) is 2.45. The summed E-state index contributed by atoms with van der Waals surface area (Å²) in [6.07, 6.45) is 10.2. The highest BCUT2D eigenvalue weighted by Gasteiger charge is 2.15. The Morgan fingerprint density at radius 1 is 1.38 bits per heavy atom. The first-order chi connectivity index (χ1) is 9.90. The maximum atomic E-state index is 13.7. The van der Waals surface area contributed by atoms with Gasteiger partial charge in [0, 0.05) is 5.41 Å². The van der Waals surface area contributed by atoms with Crippen LogP contribution in [0.15, 0.2) is 48.6 Å². The van der Waals surface area contributed by atoms with E-state index in [4.69, 9.17) is 4.74 Å². The third-order valence-electron chi connectivity index (χ3n) is 3.53. The van der Waals surface area contributed by atoms with Gasteiger partial charge in [0.25, 0.3) is 0 Å². The van der Waals surface area contributed by atoms with Gasteiger partial charge >= 0.3 is 0 Å². The molecule has 0 saturated heterocycles. The summed E-state index contributed by atoms with van der Waals surface area (Å²) in [6.45, 7) is 10.3. The fourth-order valence-electron chi connectivity index (χ4n) is 2.00. The Hall–Kier alpha value is -1.83. The topological polar surface area (TPSA) is 9.23 Å². The van der Waals surface area contributed by atoms with E-state index in [0.29, 0.717) is 0 Å². The number of ether oxygens (including phenoxy) is 1. The van der Waals surface area contributed by atoms with Gasteiger partial charge in [-0.3, -0.25) is 0 Å². The zero-order valence-corrected chi connectivity index (χ0v) is 13.4. The minimum atomic E-state index is -0.343. The second kappa shape index (κ2) is 7.82.